The average molecular weight is 384 g/mol. The molecule has 0 fully saturated rings. The number of aromatic nitrogens is 3. The molecular weight excluding hydrogens is 368 g/mol. The van der Waals surface area contributed by atoms with Gasteiger partial charge in [-0.15, -0.1) is 0 Å². The summed E-state index contributed by atoms with van der Waals surface area (Å²) in [4.78, 5) is 10.7. The molecule has 0 aliphatic carbocycles. The third kappa shape index (κ3) is 4.21. The van der Waals surface area contributed by atoms with Gasteiger partial charge >= 0.3 is 5.97 Å². The monoisotopic (exact) mass is 384 g/mol. The Morgan fingerprint density at radius 1 is 1.26 bits per heavy atom. The van der Waals surface area contributed by atoms with Crippen molar-refractivity contribution in [2.75, 3.05) is 13.7 Å². The molecule has 27 heavy (non-hydrogen) atoms. The second-order valence-electron chi connectivity index (χ2n) is 5.33. The van der Waals surface area contributed by atoms with Crippen molar-refractivity contribution in [2.45, 2.75) is 0 Å². The zero-order chi connectivity index (χ0) is 19.2. The summed E-state index contributed by atoms with van der Waals surface area (Å²) in [6.45, 7) is -0.442. The predicted molar refractivity (Wildman–Crippen MR) is 102 cm³/mol. The van der Waals surface area contributed by atoms with Crippen LogP contribution in [-0.4, -0.2) is 45.9 Å². The van der Waals surface area contributed by atoms with E-state index in [4.69, 9.17) is 26.8 Å². The molecule has 0 spiro atoms. The Morgan fingerprint density at radius 3 is 2.70 bits per heavy atom. The van der Waals surface area contributed by atoms with Crippen molar-refractivity contribution in [2.24, 2.45) is 5.10 Å². The van der Waals surface area contributed by atoms with Crippen LogP contribution in [-0.2, 0) is 4.79 Å². The maximum atomic E-state index is 10.7. The number of methoxy groups -OCH3 is 1. The minimum Gasteiger partial charge on any atom is -0.496 e. The van der Waals surface area contributed by atoms with E-state index in [1.165, 1.54) is 10.9 Å². The first-order valence-corrected chi connectivity index (χ1v) is 8.29. The third-order valence-electron chi connectivity index (χ3n) is 3.58. The van der Waals surface area contributed by atoms with Gasteiger partial charge in [0, 0.05) is 5.56 Å². The Labute approximate surface area is 159 Å². The fraction of sp³-hybridized carbons (Fsp3) is 0.111. The first-order valence-electron chi connectivity index (χ1n) is 7.89. The van der Waals surface area contributed by atoms with E-state index in [1.807, 2.05) is 24.3 Å². The van der Waals surface area contributed by atoms with Crippen molar-refractivity contribution in [3.63, 3.8) is 0 Å². The van der Waals surface area contributed by atoms with E-state index in [1.54, 1.807) is 31.4 Å². The highest BCUT2D eigenvalue weighted by molar-refractivity contribution is 7.71. The Kier molecular flexibility index (Phi) is 5.62. The number of nitrogens with one attached hydrogen (secondary N) is 1. The number of carbonyl (C=O) groups is 1. The molecule has 0 aliphatic heterocycles. The molecule has 0 amide bonds. The molecular formula is C18H16N4O4S. The second-order valence-corrected chi connectivity index (χ2v) is 5.72. The molecule has 3 rings (SSSR count). The van der Waals surface area contributed by atoms with Gasteiger partial charge in [-0.05, 0) is 36.5 Å². The molecule has 0 saturated heterocycles. The summed E-state index contributed by atoms with van der Waals surface area (Å²) in [6, 6.07) is 14.3. The topological polar surface area (TPSA) is 102 Å². The minimum absolute atomic E-state index is 0.302. The third-order valence-corrected chi connectivity index (χ3v) is 3.84. The minimum atomic E-state index is -1.06. The average Bonchev–Trinajstić information content (AvgIpc) is 3.05. The maximum Gasteiger partial charge on any atom is 0.341 e. The molecule has 0 aliphatic rings. The van der Waals surface area contributed by atoms with Crippen molar-refractivity contribution < 1.29 is 19.4 Å². The molecule has 2 aromatic carbocycles. The highest BCUT2D eigenvalue weighted by Gasteiger charge is 2.13. The van der Waals surface area contributed by atoms with Gasteiger partial charge in [0.2, 0.25) is 4.77 Å². The first kappa shape index (κ1) is 18.3. The Morgan fingerprint density at radius 2 is 1.96 bits per heavy atom. The Bertz CT molecular complexity index is 1040. The SMILES string of the molecule is COc1ccccc1-c1n[nH]c(=S)n1/N=C/c1ccccc1OCC(=O)O. The van der Waals surface area contributed by atoms with Crippen LogP contribution in [0.3, 0.4) is 0 Å². The number of para-hydroxylation sites is 2. The maximum absolute atomic E-state index is 10.7. The molecule has 0 saturated carbocycles. The van der Waals surface area contributed by atoms with E-state index in [0.29, 0.717) is 27.7 Å². The zero-order valence-electron chi connectivity index (χ0n) is 14.3. The van der Waals surface area contributed by atoms with Crippen LogP contribution >= 0.6 is 12.2 Å². The van der Waals surface area contributed by atoms with Gasteiger partial charge in [-0.3, -0.25) is 0 Å². The van der Waals surface area contributed by atoms with E-state index < -0.39 is 12.6 Å². The number of rotatable bonds is 7. The molecule has 3 aromatic rings. The molecule has 9 heteroatoms. The van der Waals surface area contributed by atoms with Crippen LogP contribution in [0.15, 0.2) is 53.6 Å². The Hall–Kier alpha value is -3.46. The Balaban J connectivity index is 1.97. The standard InChI is InChI=1S/C18H16N4O4S/c1-25-15-9-5-3-7-13(15)17-20-21-18(27)22(17)19-10-12-6-2-4-8-14(12)26-11-16(23)24/h2-10H,11H2,1H3,(H,21,27)(H,23,24)/b19-10+. The lowest BCUT2D eigenvalue weighted by atomic mass is 10.2. The van der Waals surface area contributed by atoms with Crippen molar-refractivity contribution in [3.8, 4) is 22.9 Å². The smallest absolute Gasteiger partial charge is 0.341 e. The van der Waals surface area contributed by atoms with E-state index in [-0.39, 0.29) is 0 Å². The molecule has 1 heterocycles. The number of ether oxygens (including phenoxy) is 2. The highest BCUT2D eigenvalue weighted by atomic mass is 32.1. The quantitative estimate of drug-likeness (QED) is 0.480. The number of carboxylic acid groups (broad SMARTS) is 1. The van der Waals surface area contributed by atoms with Gasteiger partial charge in [0.15, 0.2) is 12.4 Å². The fourth-order valence-electron chi connectivity index (χ4n) is 2.38. The number of aromatic amines is 1. The molecule has 0 unspecified atom stereocenters. The molecule has 8 nitrogen and oxygen atoms in total. The highest BCUT2D eigenvalue weighted by Crippen LogP contribution is 2.28. The van der Waals surface area contributed by atoms with Gasteiger partial charge in [-0.1, -0.05) is 24.3 Å². The van der Waals surface area contributed by atoms with Crippen LogP contribution in [0, 0.1) is 4.77 Å². The summed E-state index contributed by atoms with van der Waals surface area (Å²) in [5.41, 5.74) is 1.33. The molecule has 138 valence electrons. The van der Waals surface area contributed by atoms with Gasteiger partial charge in [-0.25, -0.2) is 9.89 Å². The summed E-state index contributed by atoms with van der Waals surface area (Å²) in [5, 5.41) is 20.1. The van der Waals surface area contributed by atoms with E-state index >= 15 is 0 Å². The zero-order valence-corrected chi connectivity index (χ0v) is 15.1. The number of carboxylic acids is 1. The van der Waals surface area contributed by atoms with Crippen molar-refractivity contribution in [1.29, 1.82) is 0 Å². The number of benzene rings is 2. The van der Waals surface area contributed by atoms with E-state index in [0.717, 1.165) is 5.56 Å². The molecule has 1 aromatic heterocycles. The number of hydrogen-bond acceptors (Lipinski definition) is 6. The summed E-state index contributed by atoms with van der Waals surface area (Å²) in [5.74, 6) is 0.459. The van der Waals surface area contributed by atoms with Gasteiger partial charge < -0.3 is 14.6 Å². The fourth-order valence-corrected chi connectivity index (χ4v) is 2.56. The van der Waals surface area contributed by atoms with Gasteiger partial charge in [0.1, 0.15) is 11.5 Å². The summed E-state index contributed by atoms with van der Waals surface area (Å²) >= 11 is 5.27. The van der Waals surface area contributed by atoms with Crippen LogP contribution in [0.2, 0.25) is 0 Å². The van der Waals surface area contributed by atoms with Crippen molar-refractivity contribution in [3.05, 3.63) is 58.9 Å². The van der Waals surface area contributed by atoms with Crippen molar-refractivity contribution >= 4 is 24.4 Å². The molecule has 0 bridgehead atoms. The molecule has 0 atom stereocenters. The van der Waals surface area contributed by atoms with Gasteiger partial charge in [0.05, 0.1) is 18.9 Å². The van der Waals surface area contributed by atoms with Crippen LogP contribution in [0.4, 0.5) is 0 Å². The summed E-state index contributed by atoms with van der Waals surface area (Å²) in [7, 11) is 1.57. The summed E-state index contributed by atoms with van der Waals surface area (Å²) in [6.07, 6.45) is 1.53. The van der Waals surface area contributed by atoms with Crippen LogP contribution in [0.5, 0.6) is 11.5 Å². The predicted octanol–water partition coefficient (Wildman–Crippen LogP) is 2.96. The van der Waals surface area contributed by atoms with Gasteiger partial charge in [0.25, 0.3) is 0 Å². The number of H-pyrrole nitrogens is 1. The second kappa shape index (κ2) is 8.28. The lowest BCUT2D eigenvalue weighted by Gasteiger charge is -2.08. The van der Waals surface area contributed by atoms with Crippen LogP contribution < -0.4 is 9.47 Å². The normalized spacial score (nSPS) is 10.9. The summed E-state index contributed by atoms with van der Waals surface area (Å²) < 4.78 is 12.4. The van der Waals surface area contributed by atoms with Crippen LogP contribution in [0.25, 0.3) is 11.4 Å². The molecule has 2 N–H and O–H groups in total. The van der Waals surface area contributed by atoms with E-state index in [2.05, 4.69) is 15.3 Å². The van der Waals surface area contributed by atoms with Gasteiger partial charge in [-0.2, -0.15) is 14.9 Å². The first-order chi connectivity index (χ1) is 13.1. The molecule has 0 radical (unpaired) electrons. The van der Waals surface area contributed by atoms with Crippen LogP contribution in [0.1, 0.15) is 5.56 Å². The number of nitrogens with zero attached hydrogens (tertiary/aromatic N) is 3. The van der Waals surface area contributed by atoms with Crippen molar-refractivity contribution in [1.82, 2.24) is 14.9 Å². The number of hydrogen-bond donors (Lipinski definition) is 2. The number of aliphatic carboxylic acids is 1. The lowest BCUT2D eigenvalue weighted by Crippen LogP contribution is -2.10. The largest absolute Gasteiger partial charge is 0.496 e. The lowest BCUT2D eigenvalue weighted by molar-refractivity contribution is -0.139. The van der Waals surface area contributed by atoms with E-state index in [9.17, 15) is 4.79 Å².